The van der Waals surface area contributed by atoms with Crippen LogP contribution in [0.25, 0.3) is 11.3 Å². The van der Waals surface area contributed by atoms with Crippen LogP contribution in [-0.2, 0) is 6.54 Å². The van der Waals surface area contributed by atoms with E-state index in [9.17, 15) is 0 Å². The molecular weight excluding hydrogens is 264 g/mol. The van der Waals surface area contributed by atoms with Gasteiger partial charge in [0.2, 0.25) is 0 Å². The highest BCUT2D eigenvalue weighted by molar-refractivity contribution is 7.71. The van der Waals surface area contributed by atoms with Crippen molar-refractivity contribution in [2.24, 2.45) is 5.92 Å². The number of rotatable bonds is 4. The molecule has 1 aliphatic carbocycles. The first-order valence-electron chi connectivity index (χ1n) is 7.68. The number of hydrogen-bond donors (Lipinski definition) is 1. The fourth-order valence-corrected chi connectivity index (χ4v) is 3.50. The smallest absolute Gasteiger partial charge is 0.177 e. The Morgan fingerprint density at radius 2 is 1.85 bits per heavy atom. The Hall–Kier alpha value is -1.35. The van der Waals surface area contributed by atoms with E-state index in [1.807, 2.05) is 6.20 Å². The Morgan fingerprint density at radius 3 is 2.60 bits per heavy atom. The fourth-order valence-electron chi connectivity index (χ4n) is 3.25. The van der Waals surface area contributed by atoms with Gasteiger partial charge < -0.3 is 9.55 Å². The standard InChI is InChI=1S/C17H22N2S/c20-17-18-13-16(15-9-5-2-6-10-15)19(17)12-11-14-7-3-1-4-8-14/h2,5-6,9-10,13-14H,1,3-4,7-8,11-12H2,(H,18,20). The SMILES string of the molecule is S=c1[nH]cc(-c2ccccc2)n1CCC1CCCCC1. The Labute approximate surface area is 125 Å². The lowest BCUT2D eigenvalue weighted by molar-refractivity contribution is 0.324. The van der Waals surface area contributed by atoms with Crippen LogP contribution in [-0.4, -0.2) is 9.55 Å². The Morgan fingerprint density at radius 1 is 1.10 bits per heavy atom. The molecule has 0 saturated heterocycles. The summed E-state index contributed by atoms with van der Waals surface area (Å²) in [6.45, 7) is 1.04. The maximum atomic E-state index is 5.45. The van der Waals surface area contributed by atoms with Gasteiger partial charge in [0, 0.05) is 12.7 Å². The number of nitrogens with one attached hydrogen (secondary N) is 1. The fraction of sp³-hybridized carbons (Fsp3) is 0.471. The number of nitrogens with zero attached hydrogens (tertiary/aromatic N) is 1. The van der Waals surface area contributed by atoms with Crippen molar-refractivity contribution in [2.75, 3.05) is 0 Å². The van der Waals surface area contributed by atoms with Crippen molar-refractivity contribution < 1.29 is 0 Å². The highest BCUT2D eigenvalue weighted by Gasteiger charge is 2.14. The molecule has 106 valence electrons. The zero-order chi connectivity index (χ0) is 13.8. The van der Waals surface area contributed by atoms with E-state index in [0.717, 1.165) is 17.2 Å². The van der Waals surface area contributed by atoms with Gasteiger partial charge in [-0.15, -0.1) is 0 Å². The second kappa shape index (κ2) is 6.40. The van der Waals surface area contributed by atoms with Gasteiger partial charge in [0.1, 0.15) is 0 Å². The molecular formula is C17H22N2S. The minimum atomic E-state index is 0.847. The molecule has 1 aromatic heterocycles. The van der Waals surface area contributed by atoms with Gasteiger partial charge in [-0.05, 0) is 30.1 Å². The molecule has 20 heavy (non-hydrogen) atoms. The first-order valence-corrected chi connectivity index (χ1v) is 8.09. The Bertz CT molecular complexity index is 591. The second-order valence-corrected chi connectivity index (χ2v) is 6.18. The zero-order valence-corrected chi connectivity index (χ0v) is 12.7. The van der Waals surface area contributed by atoms with Gasteiger partial charge in [-0.1, -0.05) is 62.4 Å². The van der Waals surface area contributed by atoms with E-state index >= 15 is 0 Å². The summed E-state index contributed by atoms with van der Waals surface area (Å²) in [5, 5.41) is 0. The topological polar surface area (TPSA) is 20.7 Å². The second-order valence-electron chi connectivity index (χ2n) is 5.79. The first-order chi connectivity index (χ1) is 9.84. The summed E-state index contributed by atoms with van der Waals surface area (Å²) in [4.78, 5) is 3.20. The third kappa shape index (κ3) is 3.04. The van der Waals surface area contributed by atoms with Crippen LogP contribution in [0.5, 0.6) is 0 Å². The molecule has 1 saturated carbocycles. The molecule has 1 aliphatic rings. The van der Waals surface area contributed by atoms with E-state index in [2.05, 4.69) is 39.9 Å². The first kappa shape index (κ1) is 13.6. The van der Waals surface area contributed by atoms with Crippen molar-refractivity contribution in [3.05, 3.63) is 41.3 Å². The molecule has 0 radical (unpaired) electrons. The summed E-state index contributed by atoms with van der Waals surface area (Å²) in [5.41, 5.74) is 2.45. The Kier molecular flexibility index (Phi) is 4.36. The van der Waals surface area contributed by atoms with Crippen molar-refractivity contribution in [1.82, 2.24) is 9.55 Å². The lowest BCUT2D eigenvalue weighted by Gasteiger charge is -2.22. The van der Waals surface area contributed by atoms with Crippen molar-refractivity contribution in [2.45, 2.75) is 45.1 Å². The number of benzene rings is 1. The van der Waals surface area contributed by atoms with E-state index in [1.165, 1.54) is 49.8 Å². The summed E-state index contributed by atoms with van der Waals surface area (Å²) in [6, 6.07) is 10.5. The van der Waals surface area contributed by atoms with Crippen molar-refractivity contribution in [1.29, 1.82) is 0 Å². The third-order valence-corrected chi connectivity index (χ3v) is 4.76. The van der Waals surface area contributed by atoms with Gasteiger partial charge in [-0.2, -0.15) is 0 Å². The van der Waals surface area contributed by atoms with Crippen LogP contribution in [0.4, 0.5) is 0 Å². The minimum absolute atomic E-state index is 0.847. The number of aromatic amines is 1. The monoisotopic (exact) mass is 286 g/mol. The molecule has 0 unspecified atom stereocenters. The molecule has 1 N–H and O–H groups in total. The average molecular weight is 286 g/mol. The van der Waals surface area contributed by atoms with Gasteiger partial charge in [0.25, 0.3) is 0 Å². The van der Waals surface area contributed by atoms with E-state index in [1.54, 1.807) is 0 Å². The van der Waals surface area contributed by atoms with Gasteiger partial charge in [-0.3, -0.25) is 0 Å². The van der Waals surface area contributed by atoms with Crippen LogP contribution < -0.4 is 0 Å². The highest BCUT2D eigenvalue weighted by Crippen LogP contribution is 2.28. The van der Waals surface area contributed by atoms with Crippen LogP contribution in [0.2, 0.25) is 0 Å². The molecule has 1 aromatic carbocycles. The molecule has 0 bridgehead atoms. The van der Waals surface area contributed by atoms with Crippen molar-refractivity contribution in [3.8, 4) is 11.3 Å². The molecule has 0 atom stereocenters. The number of imidazole rings is 1. The van der Waals surface area contributed by atoms with Gasteiger partial charge in [0.15, 0.2) is 4.77 Å². The van der Waals surface area contributed by atoms with Crippen LogP contribution >= 0.6 is 12.2 Å². The van der Waals surface area contributed by atoms with E-state index in [0.29, 0.717) is 0 Å². The third-order valence-electron chi connectivity index (χ3n) is 4.42. The lowest BCUT2D eigenvalue weighted by Crippen LogP contribution is -2.10. The number of aromatic nitrogens is 2. The summed E-state index contributed by atoms with van der Waals surface area (Å²) in [5.74, 6) is 0.893. The van der Waals surface area contributed by atoms with Crippen LogP contribution in [0.15, 0.2) is 36.5 Å². The van der Waals surface area contributed by atoms with E-state index in [4.69, 9.17) is 12.2 Å². The molecule has 1 heterocycles. The van der Waals surface area contributed by atoms with Gasteiger partial charge in [0.05, 0.1) is 5.69 Å². The molecule has 2 aromatic rings. The largest absolute Gasteiger partial charge is 0.337 e. The van der Waals surface area contributed by atoms with E-state index in [-0.39, 0.29) is 0 Å². The van der Waals surface area contributed by atoms with Crippen molar-refractivity contribution in [3.63, 3.8) is 0 Å². The quantitative estimate of drug-likeness (QED) is 0.768. The predicted octanol–water partition coefficient (Wildman–Crippen LogP) is 5.18. The molecule has 1 fully saturated rings. The Balaban J connectivity index is 1.76. The van der Waals surface area contributed by atoms with Crippen LogP contribution in [0.1, 0.15) is 38.5 Å². The average Bonchev–Trinajstić information content (AvgIpc) is 2.88. The number of hydrogen-bond acceptors (Lipinski definition) is 1. The summed E-state index contributed by atoms with van der Waals surface area (Å²) < 4.78 is 3.11. The van der Waals surface area contributed by atoms with E-state index < -0.39 is 0 Å². The van der Waals surface area contributed by atoms with Crippen LogP contribution in [0.3, 0.4) is 0 Å². The summed E-state index contributed by atoms with van der Waals surface area (Å²) in [7, 11) is 0. The molecule has 0 aliphatic heterocycles. The summed E-state index contributed by atoms with van der Waals surface area (Å²) in [6.07, 6.45) is 10.3. The minimum Gasteiger partial charge on any atom is -0.337 e. The molecule has 0 amide bonds. The number of H-pyrrole nitrogens is 1. The summed E-state index contributed by atoms with van der Waals surface area (Å²) >= 11 is 5.45. The highest BCUT2D eigenvalue weighted by atomic mass is 32.1. The van der Waals surface area contributed by atoms with Gasteiger partial charge >= 0.3 is 0 Å². The van der Waals surface area contributed by atoms with Crippen molar-refractivity contribution >= 4 is 12.2 Å². The maximum absolute atomic E-state index is 5.45. The molecule has 2 nitrogen and oxygen atoms in total. The zero-order valence-electron chi connectivity index (χ0n) is 11.8. The van der Waals surface area contributed by atoms with Crippen LogP contribution in [0, 0.1) is 10.7 Å². The normalized spacial score (nSPS) is 16.4. The lowest BCUT2D eigenvalue weighted by atomic mass is 9.87. The maximum Gasteiger partial charge on any atom is 0.177 e. The van der Waals surface area contributed by atoms with Gasteiger partial charge in [-0.25, -0.2) is 0 Å². The molecule has 3 heteroatoms. The molecule has 3 rings (SSSR count). The molecule has 0 spiro atoms. The predicted molar refractivity (Wildman–Crippen MR) is 86.2 cm³/mol.